The summed E-state index contributed by atoms with van der Waals surface area (Å²) in [6.45, 7) is 11.7. The lowest BCUT2D eigenvalue weighted by molar-refractivity contribution is -0.282. The molecule has 15 N–H and O–H groups in total. The summed E-state index contributed by atoms with van der Waals surface area (Å²) in [6.07, 6.45) is 0.970. The molecular formula is C68H126N6O24. The van der Waals surface area contributed by atoms with E-state index in [9.17, 15) is 74.7 Å². The van der Waals surface area contributed by atoms with Gasteiger partial charge in [-0.25, -0.2) is 0 Å². The Hall–Kier alpha value is -3.90. The zero-order valence-electron chi connectivity index (χ0n) is 59.4. The maximum atomic E-state index is 13.9. The molecule has 3 aliphatic rings. The minimum atomic E-state index is -1.42. The number of aliphatic hydroxyl groups is 9. The van der Waals surface area contributed by atoms with Gasteiger partial charge in [-0.3, -0.25) is 28.8 Å². The molecule has 15 atom stereocenters. The number of amides is 6. The highest BCUT2D eigenvalue weighted by atomic mass is 16.7. The van der Waals surface area contributed by atoms with Crippen molar-refractivity contribution in [2.45, 2.75) is 275 Å². The van der Waals surface area contributed by atoms with E-state index in [4.69, 9.17) is 42.6 Å². The molecule has 3 fully saturated rings. The van der Waals surface area contributed by atoms with Crippen LogP contribution in [-0.4, -0.2) is 272 Å². The summed E-state index contributed by atoms with van der Waals surface area (Å²) < 4.78 is 52.6. The lowest BCUT2D eigenvalue weighted by Gasteiger charge is -2.42. The monoisotopic (exact) mass is 1410 g/mol. The van der Waals surface area contributed by atoms with Gasteiger partial charge in [-0.2, -0.15) is 0 Å². The molecule has 0 aromatic rings. The molecule has 0 bridgehead atoms. The van der Waals surface area contributed by atoms with Crippen molar-refractivity contribution in [3.8, 4) is 0 Å². The van der Waals surface area contributed by atoms with Crippen LogP contribution in [0.1, 0.15) is 189 Å². The van der Waals surface area contributed by atoms with E-state index < -0.39 is 129 Å². The number of hydrogen-bond donors (Lipinski definition) is 15. The zero-order valence-corrected chi connectivity index (χ0v) is 59.4. The molecular weight excluding hydrogens is 1280 g/mol. The number of carbonyl (C=O) groups excluding carboxylic acids is 6. The van der Waals surface area contributed by atoms with Crippen LogP contribution in [0, 0.1) is 17.3 Å². The van der Waals surface area contributed by atoms with Crippen molar-refractivity contribution < 1.29 is 117 Å². The van der Waals surface area contributed by atoms with Gasteiger partial charge in [0.05, 0.1) is 71.7 Å². The van der Waals surface area contributed by atoms with Gasteiger partial charge in [-0.1, -0.05) is 92.4 Å². The molecule has 0 aromatic heterocycles. The van der Waals surface area contributed by atoms with Crippen LogP contribution >= 0.6 is 0 Å². The molecule has 98 heavy (non-hydrogen) atoms. The predicted molar refractivity (Wildman–Crippen MR) is 358 cm³/mol. The Morgan fingerprint density at radius 3 is 1.08 bits per heavy atom. The summed E-state index contributed by atoms with van der Waals surface area (Å²) in [5.41, 5.74) is -1.10. The Kier molecular flexibility index (Phi) is 45.5. The van der Waals surface area contributed by atoms with Crippen LogP contribution in [0.15, 0.2) is 0 Å². The van der Waals surface area contributed by atoms with Gasteiger partial charge in [0, 0.05) is 96.9 Å². The minimum absolute atomic E-state index is 0.0158. The highest BCUT2D eigenvalue weighted by Gasteiger charge is 2.46. The Morgan fingerprint density at radius 1 is 0.388 bits per heavy atom. The Morgan fingerprint density at radius 2 is 0.714 bits per heavy atom. The van der Waals surface area contributed by atoms with Crippen molar-refractivity contribution in [1.29, 1.82) is 0 Å². The molecule has 30 nitrogen and oxygen atoms in total. The number of rotatable bonds is 54. The van der Waals surface area contributed by atoms with E-state index in [1.165, 1.54) is 6.92 Å². The molecule has 3 aliphatic heterocycles. The van der Waals surface area contributed by atoms with Crippen molar-refractivity contribution in [2.75, 3.05) is 105 Å². The van der Waals surface area contributed by atoms with Crippen molar-refractivity contribution >= 4 is 35.4 Å². The molecule has 6 unspecified atom stereocenters. The molecule has 0 aromatic carbocycles. The van der Waals surface area contributed by atoms with Gasteiger partial charge in [0.15, 0.2) is 18.9 Å². The molecule has 6 amide bonds. The number of nitrogens with one attached hydrogen (secondary N) is 6. The van der Waals surface area contributed by atoms with Crippen molar-refractivity contribution in [2.24, 2.45) is 17.3 Å². The molecule has 3 rings (SSSR count). The van der Waals surface area contributed by atoms with Crippen LogP contribution in [0.4, 0.5) is 0 Å². The van der Waals surface area contributed by atoms with E-state index in [1.807, 2.05) is 0 Å². The number of carbonyl (C=O) groups is 6. The van der Waals surface area contributed by atoms with Gasteiger partial charge >= 0.3 is 0 Å². The van der Waals surface area contributed by atoms with Crippen LogP contribution in [0.5, 0.6) is 0 Å². The van der Waals surface area contributed by atoms with E-state index in [1.54, 1.807) is 13.8 Å². The number of aliphatic hydroxyl groups excluding tert-OH is 9. The molecule has 3 saturated heterocycles. The predicted octanol–water partition coefficient (Wildman–Crippen LogP) is 0.518. The second-order valence-corrected chi connectivity index (χ2v) is 27.6. The van der Waals surface area contributed by atoms with Gasteiger partial charge in [0.1, 0.15) is 54.3 Å². The molecule has 30 heteroatoms. The Bertz CT molecular complexity index is 2110. The van der Waals surface area contributed by atoms with Gasteiger partial charge in [-0.05, 0) is 63.2 Å². The third-order valence-electron chi connectivity index (χ3n) is 17.6. The molecule has 0 aliphatic carbocycles. The minimum Gasteiger partial charge on any atom is -0.394 e. The van der Waals surface area contributed by atoms with E-state index in [0.717, 1.165) is 64.2 Å². The molecule has 0 radical (unpaired) electrons. The highest BCUT2D eigenvalue weighted by Crippen LogP contribution is 2.29. The summed E-state index contributed by atoms with van der Waals surface area (Å²) in [7, 11) is 0. The fraction of sp³-hybridized carbons (Fsp3) is 0.912. The fourth-order valence-electron chi connectivity index (χ4n) is 11.5. The van der Waals surface area contributed by atoms with Crippen molar-refractivity contribution in [3.63, 3.8) is 0 Å². The first-order valence-electron chi connectivity index (χ1n) is 36.0. The molecule has 572 valence electrons. The maximum absolute atomic E-state index is 13.9. The summed E-state index contributed by atoms with van der Waals surface area (Å²) in [5.74, 6) is -2.83. The highest BCUT2D eigenvalue weighted by molar-refractivity contribution is 5.79. The average Bonchev–Trinajstić information content (AvgIpc) is 0.836. The normalized spacial score (nSPS) is 26.4. The molecule has 0 spiro atoms. The number of ether oxygens (including phenoxy) is 9. The average molecular weight is 1410 g/mol. The van der Waals surface area contributed by atoms with Crippen LogP contribution in [0.2, 0.25) is 0 Å². The first-order valence-corrected chi connectivity index (χ1v) is 36.0. The topological polar surface area (TPSA) is 440 Å². The second-order valence-electron chi connectivity index (χ2n) is 27.6. The van der Waals surface area contributed by atoms with E-state index in [-0.39, 0.29) is 114 Å². The van der Waals surface area contributed by atoms with Gasteiger partial charge < -0.3 is 120 Å². The third-order valence-corrected chi connectivity index (χ3v) is 17.6. The fourth-order valence-corrected chi connectivity index (χ4v) is 11.5. The summed E-state index contributed by atoms with van der Waals surface area (Å²) in [4.78, 5) is 77.6. The van der Waals surface area contributed by atoms with E-state index >= 15 is 0 Å². The largest absolute Gasteiger partial charge is 0.394 e. The summed E-state index contributed by atoms with van der Waals surface area (Å²) in [5, 5.41) is 108. The first-order chi connectivity index (χ1) is 46.8. The van der Waals surface area contributed by atoms with Gasteiger partial charge in [-0.15, -0.1) is 0 Å². The SMILES string of the molecule is CC(=O)NC1[C@H](OCCCCCCNC(=O)CCOCC(COCCC(=O)NCCCCCCO[C@@H]2OC(CO)[C@H](O)[C@H](O)C2C)(COCCC(=O)NCCCCCCO[C@@H]2OC(CO)[C@H](O)[C@H](O)C2C)NC(=O)CCCC(=O)NCCCCCCC(C)(C)C)OC(CO)[C@H](O)[C@@H]1O. The number of hydrogen-bond acceptors (Lipinski definition) is 24. The van der Waals surface area contributed by atoms with Crippen LogP contribution in [-0.2, 0) is 71.4 Å². The molecule has 3 heterocycles. The van der Waals surface area contributed by atoms with E-state index in [0.29, 0.717) is 84.3 Å². The standard InChI is InChI=1S/C68H126N6O24/c1-46-58(84)60(86)49(40-75)96-64(46)93-34-20-12-9-17-31-70-53(80)26-37-90-43-68(74-56(83)25-23-24-52(79)69-30-16-8-7-15-29-67(4,5)6,44-91-38-27-54(81)71-32-18-10-13-21-35-94-65-47(2)59(85)61(87)50(41-76)97-65)45-92-39-28-55(82)72-33-19-11-14-22-36-95-66-57(73-48(3)78)63(89)62(88)51(42-77)98-66/h46-47,49-51,57-66,75-77,84-89H,7-45H2,1-6H3,(H,69,79)(H,70,80)(H,71,81)(H,72,82)(H,73,78)(H,74,83)/t46?,47?,49?,50?,51?,57?,58-,59-,60+,61+,62+,63-,64-,65-,66-,68?/m1/s1. The van der Waals surface area contributed by atoms with Crippen LogP contribution < -0.4 is 31.9 Å². The summed E-state index contributed by atoms with van der Waals surface area (Å²) >= 11 is 0. The quantitative estimate of drug-likeness (QED) is 0.0369. The third kappa shape index (κ3) is 36.3. The van der Waals surface area contributed by atoms with Crippen molar-refractivity contribution in [1.82, 2.24) is 31.9 Å². The van der Waals surface area contributed by atoms with Crippen LogP contribution in [0.25, 0.3) is 0 Å². The Labute approximate surface area is 580 Å². The lowest BCUT2D eigenvalue weighted by Crippen LogP contribution is -2.64. The van der Waals surface area contributed by atoms with Crippen molar-refractivity contribution in [3.05, 3.63) is 0 Å². The second kappa shape index (κ2) is 50.5. The molecule has 0 saturated carbocycles. The summed E-state index contributed by atoms with van der Waals surface area (Å²) in [6, 6.07) is -1.04. The zero-order chi connectivity index (χ0) is 72.3. The van der Waals surface area contributed by atoms with Gasteiger partial charge in [0.2, 0.25) is 35.4 Å². The van der Waals surface area contributed by atoms with Gasteiger partial charge in [0.25, 0.3) is 0 Å². The maximum Gasteiger partial charge on any atom is 0.222 e. The first kappa shape index (κ1) is 88.3. The smallest absolute Gasteiger partial charge is 0.222 e. The Balaban J connectivity index is 1.57. The number of unbranched alkanes of at least 4 members (excludes halogenated alkanes) is 12. The van der Waals surface area contributed by atoms with Crippen LogP contribution in [0.3, 0.4) is 0 Å². The van der Waals surface area contributed by atoms with E-state index in [2.05, 4.69) is 52.7 Å². The lowest BCUT2D eigenvalue weighted by atomic mass is 9.89.